The van der Waals surface area contributed by atoms with Gasteiger partial charge in [0.1, 0.15) is 13.2 Å². The van der Waals surface area contributed by atoms with Crippen LogP contribution in [0.3, 0.4) is 0 Å². The van der Waals surface area contributed by atoms with E-state index in [1.165, 1.54) is 6.21 Å². The summed E-state index contributed by atoms with van der Waals surface area (Å²) in [5, 5.41) is 13.6. The molecule has 0 fully saturated rings. The summed E-state index contributed by atoms with van der Waals surface area (Å²) in [5.41, 5.74) is 2.34. The number of oxime groups is 1. The zero-order chi connectivity index (χ0) is 22.1. The number of para-hydroxylation sites is 1. The largest absolute Gasteiger partial charge is 0.485 e. The zero-order valence-corrected chi connectivity index (χ0v) is 17.8. The minimum atomic E-state index is -1.12. The molecule has 160 valence electrons. The lowest BCUT2D eigenvalue weighted by Crippen LogP contribution is -2.05. The number of nitrogens with zero attached hydrogens (tertiary/aromatic N) is 1. The Kier molecular flexibility index (Phi) is 8.15. The number of carboxylic acids is 1. The fourth-order valence-corrected chi connectivity index (χ4v) is 3.08. The molecule has 0 heterocycles. The molecule has 31 heavy (non-hydrogen) atoms. The number of ether oxygens (including phenoxy) is 2. The van der Waals surface area contributed by atoms with Crippen molar-refractivity contribution in [2.75, 3.05) is 6.61 Å². The molecule has 0 unspecified atom stereocenters. The quantitative estimate of drug-likeness (QED) is 0.316. The lowest BCUT2D eigenvalue weighted by atomic mass is 10.2. The van der Waals surface area contributed by atoms with Gasteiger partial charge < -0.3 is 19.4 Å². The van der Waals surface area contributed by atoms with Gasteiger partial charge in [-0.25, -0.2) is 4.79 Å². The predicted molar refractivity (Wildman–Crippen MR) is 119 cm³/mol. The van der Waals surface area contributed by atoms with Crippen LogP contribution in [0.1, 0.15) is 16.7 Å². The average molecular weight is 460 g/mol. The van der Waals surface area contributed by atoms with Crippen molar-refractivity contribution >= 4 is 35.4 Å². The van der Waals surface area contributed by atoms with Crippen LogP contribution in [0.25, 0.3) is 0 Å². The van der Waals surface area contributed by atoms with Crippen LogP contribution < -0.4 is 9.47 Å². The average Bonchev–Trinajstić information content (AvgIpc) is 2.74. The van der Waals surface area contributed by atoms with Crippen LogP contribution in [0.5, 0.6) is 11.5 Å². The van der Waals surface area contributed by atoms with Gasteiger partial charge in [0, 0.05) is 15.6 Å². The van der Waals surface area contributed by atoms with Crippen LogP contribution in [-0.2, 0) is 22.8 Å². The maximum absolute atomic E-state index is 10.6. The number of benzene rings is 3. The van der Waals surface area contributed by atoms with Crippen LogP contribution in [0.15, 0.2) is 71.9 Å². The van der Waals surface area contributed by atoms with Crippen molar-refractivity contribution in [2.45, 2.75) is 13.2 Å². The molecule has 0 spiro atoms. The molecule has 0 aliphatic rings. The lowest BCUT2D eigenvalue weighted by molar-refractivity contribution is -0.142. The van der Waals surface area contributed by atoms with Crippen molar-refractivity contribution in [3.63, 3.8) is 0 Å². The molecule has 6 nitrogen and oxygen atoms in total. The molecule has 0 aromatic heterocycles. The van der Waals surface area contributed by atoms with Crippen LogP contribution in [0.4, 0.5) is 0 Å². The van der Waals surface area contributed by atoms with E-state index in [2.05, 4.69) is 5.16 Å². The van der Waals surface area contributed by atoms with Gasteiger partial charge in [-0.15, -0.1) is 0 Å². The summed E-state index contributed by atoms with van der Waals surface area (Å²) >= 11 is 12.1. The second kappa shape index (κ2) is 11.2. The summed E-state index contributed by atoms with van der Waals surface area (Å²) in [4.78, 5) is 15.4. The van der Waals surface area contributed by atoms with Crippen molar-refractivity contribution in [3.05, 3.63) is 93.5 Å². The molecule has 0 radical (unpaired) electrons. The van der Waals surface area contributed by atoms with Crippen LogP contribution in [0.2, 0.25) is 10.0 Å². The Morgan fingerprint density at radius 2 is 1.52 bits per heavy atom. The van der Waals surface area contributed by atoms with Crippen LogP contribution in [0, 0.1) is 0 Å². The maximum Gasteiger partial charge on any atom is 0.344 e. The van der Waals surface area contributed by atoms with E-state index in [9.17, 15) is 4.79 Å². The topological polar surface area (TPSA) is 77.4 Å². The van der Waals surface area contributed by atoms with E-state index in [0.717, 1.165) is 11.1 Å². The number of hydrogen-bond acceptors (Lipinski definition) is 5. The Balaban J connectivity index is 1.81. The molecule has 3 aromatic carbocycles. The first kappa shape index (κ1) is 22.5. The van der Waals surface area contributed by atoms with Crippen molar-refractivity contribution in [1.82, 2.24) is 0 Å². The third-order valence-electron chi connectivity index (χ3n) is 4.02. The number of carbonyl (C=O) groups is 1. The fraction of sp³-hybridized carbons (Fsp3) is 0.130. The normalized spacial score (nSPS) is 10.8. The number of halogens is 2. The fourth-order valence-electron chi connectivity index (χ4n) is 2.66. The summed E-state index contributed by atoms with van der Waals surface area (Å²) < 4.78 is 12.0. The Bertz CT molecular complexity index is 1070. The number of rotatable bonds is 10. The number of carboxylic acid groups (broad SMARTS) is 1. The van der Waals surface area contributed by atoms with Crippen LogP contribution in [-0.4, -0.2) is 23.9 Å². The molecule has 0 atom stereocenters. The van der Waals surface area contributed by atoms with E-state index in [4.69, 9.17) is 42.6 Å². The summed E-state index contributed by atoms with van der Waals surface area (Å²) in [6.07, 6.45) is 1.38. The maximum atomic E-state index is 10.6. The third kappa shape index (κ3) is 7.20. The molecule has 3 aromatic rings. The highest BCUT2D eigenvalue weighted by molar-refractivity contribution is 6.30. The van der Waals surface area contributed by atoms with Crippen LogP contribution >= 0.6 is 23.2 Å². The Morgan fingerprint density at radius 1 is 0.903 bits per heavy atom. The second-order valence-electron chi connectivity index (χ2n) is 6.41. The number of hydrogen-bond donors (Lipinski definition) is 1. The van der Waals surface area contributed by atoms with E-state index in [1.54, 1.807) is 36.4 Å². The molecular formula is C23H19Cl2NO5. The van der Waals surface area contributed by atoms with Gasteiger partial charge in [0.25, 0.3) is 0 Å². The first-order valence-corrected chi connectivity index (χ1v) is 10.0. The molecule has 0 aliphatic carbocycles. The van der Waals surface area contributed by atoms with E-state index in [-0.39, 0.29) is 13.2 Å². The van der Waals surface area contributed by atoms with E-state index in [0.29, 0.717) is 27.1 Å². The van der Waals surface area contributed by atoms with Crippen molar-refractivity contribution in [1.29, 1.82) is 0 Å². The van der Waals surface area contributed by atoms with Crippen molar-refractivity contribution in [3.8, 4) is 11.5 Å². The highest BCUT2D eigenvalue weighted by Crippen LogP contribution is 2.32. The number of aliphatic carboxylic acids is 1. The summed E-state index contributed by atoms with van der Waals surface area (Å²) in [6.45, 7) is -0.0146. The van der Waals surface area contributed by atoms with Gasteiger partial charge in [-0.05, 0) is 47.5 Å². The molecule has 1 N–H and O–H groups in total. The molecule has 0 saturated heterocycles. The van der Waals surface area contributed by atoms with Gasteiger partial charge in [0.15, 0.2) is 11.5 Å². The zero-order valence-electron chi connectivity index (χ0n) is 16.3. The molecule has 0 aliphatic heterocycles. The van der Waals surface area contributed by atoms with E-state index >= 15 is 0 Å². The van der Waals surface area contributed by atoms with E-state index < -0.39 is 12.6 Å². The summed E-state index contributed by atoms with van der Waals surface area (Å²) in [5.74, 6) is -0.190. The van der Waals surface area contributed by atoms with E-state index in [1.807, 2.05) is 30.3 Å². The standard InChI is InChI=1S/C23H19Cl2NO5/c24-19-7-1-4-16(10-19)13-29-21-9-3-6-18(12-26-31-15-22(27)28)23(21)30-14-17-5-2-8-20(25)11-17/h1-12H,13-15H2,(H,27,28). The molecule has 8 heteroatoms. The first-order chi connectivity index (χ1) is 15.0. The smallest absolute Gasteiger partial charge is 0.344 e. The minimum Gasteiger partial charge on any atom is -0.485 e. The highest BCUT2D eigenvalue weighted by Gasteiger charge is 2.12. The lowest BCUT2D eigenvalue weighted by Gasteiger charge is -2.15. The van der Waals surface area contributed by atoms with Gasteiger partial charge in [-0.1, -0.05) is 58.7 Å². The Morgan fingerprint density at radius 3 is 2.13 bits per heavy atom. The molecule has 0 bridgehead atoms. The van der Waals surface area contributed by atoms with Gasteiger partial charge >= 0.3 is 5.97 Å². The molecule has 0 saturated carbocycles. The van der Waals surface area contributed by atoms with Gasteiger partial charge in [0.2, 0.25) is 6.61 Å². The SMILES string of the molecule is O=C(O)CON=Cc1cccc(OCc2cccc(Cl)c2)c1OCc1cccc(Cl)c1. The molecule has 0 amide bonds. The Labute approximate surface area is 189 Å². The molecular weight excluding hydrogens is 441 g/mol. The first-order valence-electron chi connectivity index (χ1n) is 9.26. The minimum absolute atomic E-state index is 0.245. The van der Waals surface area contributed by atoms with Gasteiger partial charge in [-0.2, -0.15) is 0 Å². The Hall–Kier alpha value is -3.22. The van der Waals surface area contributed by atoms with Gasteiger partial charge in [0.05, 0.1) is 6.21 Å². The monoisotopic (exact) mass is 459 g/mol. The summed E-state index contributed by atoms with van der Waals surface area (Å²) in [7, 11) is 0. The predicted octanol–water partition coefficient (Wildman–Crippen LogP) is 5.59. The summed E-state index contributed by atoms with van der Waals surface area (Å²) in [6, 6.07) is 20.0. The molecule has 3 rings (SSSR count). The van der Waals surface area contributed by atoms with Gasteiger partial charge in [-0.3, -0.25) is 0 Å². The third-order valence-corrected chi connectivity index (χ3v) is 4.49. The van der Waals surface area contributed by atoms with Crippen molar-refractivity contribution in [2.24, 2.45) is 5.16 Å². The van der Waals surface area contributed by atoms with Crippen molar-refractivity contribution < 1.29 is 24.2 Å². The highest BCUT2D eigenvalue weighted by atomic mass is 35.5. The second-order valence-corrected chi connectivity index (χ2v) is 7.29.